The number of halogens is 1. The second-order valence-corrected chi connectivity index (χ2v) is 6.95. The minimum Gasteiger partial charge on any atom is -0.468 e. The largest absolute Gasteiger partial charge is 0.468 e. The first kappa shape index (κ1) is 21.3. The van der Waals surface area contributed by atoms with Crippen LogP contribution in [0, 0.1) is 0 Å². The molecule has 0 saturated carbocycles. The van der Waals surface area contributed by atoms with E-state index in [1.54, 1.807) is 11.8 Å². The second-order valence-electron chi connectivity index (χ2n) is 5.96. The topological polar surface area (TPSA) is 41.6 Å². The summed E-state index contributed by atoms with van der Waals surface area (Å²) in [4.78, 5) is 14.8. The zero-order chi connectivity index (χ0) is 16.5. The van der Waals surface area contributed by atoms with Crippen LogP contribution in [0.1, 0.15) is 24.8 Å². The quantitative estimate of drug-likeness (QED) is 0.710. The van der Waals surface area contributed by atoms with Crippen LogP contribution in [0.5, 0.6) is 0 Å². The predicted molar refractivity (Wildman–Crippen MR) is 104 cm³/mol. The molecule has 0 amide bonds. The number of hydrogen-bond acceptors (Lipinski definition) is 5. The van der Waals surface area contributed by atoms with E-state index < -0.39 is 0 Å². The van der Waals surface area contributed by atoms with E-state index in [4.69, 9.17) is 4.74 Å². The summed E-state index contributed by atoms with van der Waals surface area (Å²) >= 11 is 1.78. The van der Waals surface area contributed by atoms with Crippen LogP contribution in [-0.2, 0) is 16.1 Å². The number of rotatable bonds is 8. The number of thioether (sulfide) groups is 1. The first-order valence-electron chi connectivity index (χ1n) is 8.33. The number of nitrogens with zero attached hydrogens (tertiary/aromatic N) is 1. The molecule has 4 nitrogen and oxygen atoms in total. The van der Waals surface area contributed by atoms with Crippen LogP contribution in [0.25, 0.3) is 0 Å². The van der Waals surface area contributed by atoms with Crippen molar-refractivity contribution in [2.45, 2.75) is 37.9 Å². The average Bonchev–Trinajstić information content (AvgIpc) is 2.62. The summed E-state index contributed by atoms with van der Waals surface area (Å²) in [5.74, 6) is 0.865. The number of piperidine rings is 1. The molecule has 1 saturated heterocycles. The van der Waals surface area contributed by atoms with Crippen LogP contribution >= 0.6 is 24.2 Å². The Morgan fingerprint density at radius 1 is 1.33 bits per heavy atom. The van der Waals surface area contributed by atoms with Gasteiger partial charge in [-0.15, -0.1) is 12.4 Å². The highest BCUT2D eigenvalue weighted by Gasteiger charge is 2.32. The smallest absolute Gasteiger partial charge is 0.323 e. The van der Waals surface area contributed by atoms with E-state index in [0.717, 1.165) is 44.6 Å². The second kappa shape index (κ2) is 11.7. The van der Waals surface area contributed by atoms with E-state index >= 15 is 0 Å². The van der Waals surface area contributed by atoms with Gasteiger partial charge < -0.3 is 10.1 Å². The fraction of sp³-hybridized carbons (Fsp3) is 0.611. The van der Waals surface area contributed by atoms with Crippen LogP contribution in [-0.4, -0.2) is 55.2 Å². The Bertz CT molecular complexity index is 469. The van der Waals surface area contributed by atoms with Crippen molar-refractivity contribution in [1.82, 2.24) is 10.2 Å². The Morgan fingerprint density at radius 3 is 2.58 bits per heavy atom. The first-order chi connectivity index (χ1) is 11.3. The summed E-state index contributed by atoms with van der Waals surface area (Å²) in [5.41, 5.74) is 1.25. The molecule has 136 valence electrons. The zero-order valence-electron chi connectivity index (χ0n) is 14.6. The molecule has 0 aromatic heterocycles. The molecule has 1 aromatic rings. The Labute approximate surface area is 156 Å². The van der Waals surface area contributed by atoms with E-state index in [0.29, 0.717) is 6.04 Å². The number of carbonyl (C=O) groups excluding carboxylic acids is 1. The number of nitrogens with one attached hydrogen (secondary N) is 1. The molecule has 6 heteroatoms. The summed E-state index contributed by atoms with van der Waals surface area (Å²) in [6.07, 6.45) is 5.09. The summed E-state index contributed by atoms with van der Waals surface area (Å²) in [5, 5.41) is 3.41. The van der Waals surface area contributed by atoms with Gasteiger partial charge in [0.2, 0.25) is 0 Å². The Balaban J connectivity index is 0.00000288. The van der Waals surface area contributed by atoms with Crippen LogP contribution in [0.4, 0.5) is 0 Å². The van der Waals surface area contributed by atoms with E-state index in [-0.39, 0.29) is 24.4 Å². The fourth-order valence-electron chi connectivity index (χ4n) is 3.21. The van der Waals surface area contributed by atoms with Crippen molar-refractivity contribution in [3.63, 3.8) is 0 Å². The van der Waals surface area contributed by atoms with Crippen molar-refractivity contribution in [3.8, 4) is 0 Å². The third kappa shape index (κ3) is 6.28. The summed E-state index contributed by atoms with van der Waals surface area (Å²) in [7, 11) is 1.50. The van der Waals surface area contributed by atoms with Gasteiger partial charge >= 0.3 is 5.97 Å². The minimum absolute atomic E-state index is 0. The maximum absolute atomic E-state index is 12.4. The number of carbonyl (C=O) groups is 1. The maximum atomic E-state index is 12.4. The molecule has 1 N–H and O–H groups in total. The molecular weight excluding hydrogens is 344 g/mol. The summed E-state index contributed by atoms with van der Waals surface area (Å²) < 4.78 is 5.11. The Kier molecular flexibility index (Phi) is 10.4. The molecule has 0 spiro atoms. The number of hydrogen-bond donors (Lipinski definition) is 1. The molecule has 2 rings (SSSR count). The molecule has 0 bridgehead atoms. The lowest BCUT2D eigenvalue weighted by Gasteiger charge is -2.39. The standard InChI is InChI=1S/C18H28N2O2S.ClH/c1-22-18(21)17(10-13-23-2)20(16-8-11-19-12-9-16)14-15-6-4-3-5-7-15;/h3-7,16-17,19H,8-14H2,1-2H3;1H/t17-;/m0./s1. The predicted octanol–water partition coefficient (Wildman–Crippen LogP) is 2.96. The van der Waals surface area contributed by atoms with Gasteiger partial charge in [0.15, 0.2) is 0 Å². The molecule has 0 radical (unpaired) electrons. The van der Waals surface area contributed by atoms with Crippen LogP contribution in [0.15, 0.2) is 30.3 Å². The van der Waals surface area contributed by atoms with Crippen molar-refractivity contribution >= 4 is 30.1 Å². The molecule has 1 heterocycles. The molecule has 0 unspecified atom stereocenters. The fourth-order valence-corrected chi connectivity index (χ4v) is 3.67. The number of esters is 1. The van der Waals surface area contributed by atoms with Gasteiger partial charge in [-0.1, -0.05) is 30.3 Å². The van der Waals surface area contributed by atoms with E-state index in [2.05, 4.69) is 40.7 Å². The van der Waals surface area contributed by atoms with Gasteiger partial charge in [-0.25, -0.2) is 0 Å². The van der Waals surface area contributed by atoms with Gasteiger partial charge in [0, 0.05) is 12.6 Å². The minimum atomic E-state index is -0.157. The lowest BCUT2D eigenvalue weighted by Crippen LogP contribution is -2.51. The van der Waals surface area contributed by atoms with Crippen molar-refractivity contribution in [1.29, 1.82) is 0 Å². The molecule has 1 atom stereocenters. The lowest BCUT2D eigenvalue weighted by atomic mass is 10.00. The van der Waals surface area contributed by atoms with Gasteiger partial charge in [-0.05, 0) is 49.9 Å². The van der Waals surface area contributed by atoms with Crippen molar-refractivity contribution in [3.05, 3.63) is 35.9 Å². The van der Waals surface area contributed by atoms with Gasteiger partial charge in [0.1, 0.15) is 6.04 Å². The number of ether oxygens (including phenoxy) is 1. The Morgan fingerprint density at radius 2 is 2.00 bits per heavy atom. The normalized spacial score (nSPS) is 16.5. The molecule has 1 fully saturated rings. The van der Waals surface area contributed by atoms with Gasteiger partial charge in [0.05, 0.1) is 7.11 Å². The molecule has 1 aromatic carbocycles. The maximum Gasteiger partial charge on any atom is 0.323 e. The highest BCUT2D eigenvalue weighted by atomic mass is 35.5. The summed E-state index contributed by atoms with van der Waals surface area (Å²) in [6, 6.07) is 10.7. The van der Waals surface area contributed by atoms with E-state index in [9.17, 15) is 4.79 Å². The third-order valence-electron chi connectivity index (χ3n) is 4.45. The molecule has 0 aliphatic carbocycles. The first-order valence-corrected chi connectivity index (χ1v) is 9.72. The van der Waals surface area contributed by atoms with E-state index in [1.807, 2.05) is 6.07 Å². The average molecular weight is 373 g/mol. The summed E-state index contributed by atoms with van der Waals surface area (Å²) in [6.45, 7) is 2.85. The number of methoxy groups -OCH3 is 1. The SMILES string of the molecule is COC(=O)[C@H](CCSC)N(Cc1ccccc1)C1CCNCC1.Cl. The monoisotopic (exact) mass is 372 g/mol. The van der Waals surface area contributed by atoms with Crippen LogP contribution in [0.2, 0.25) is 0 Å². The van der Waals surface area contributed by atoms with Crippen molar-refractivity contribution < 1.29 is 9.53 Å². The van der Waals surface area contributed by atoms with Crippen LogP contribution < -0.4 is 5.32 Å². The van der Waals surface area contributed by atoms with Crippen molar-refractivity contribution in [2.24, 2.45) is 0 Å². The van der Waals surface area contributed by atoms with Crippen molar-refractivity contribution in [2.75, 3.05) is 32.2 Å². The van der Waals surface area contributed by atoms with Gasteiger partial charge in [0.25, 0.3) is 0 Å². The highest BCUT2D eigenvalue weighted by molar-refractivity contribution is 7.98. The highest BCUT2D eigenvalue weighted by Crippen LogP contribution is 2.22. The van der Waals surface area contributed by atoms with Gasteiger partial charge in [-0.2, -0.15) is 11.8 Å². The third-order valence-corrected chi connectivity index (χ3v) is 5.10. The number of benzene rings is 1. The van der Waals surface area contributed by atoms with Gasteiger partial charge in [-0.3, -0.25) is 9.69 Å². The molecular formula is C18H29ClN2O2S. The molecule has 1 aliphatic rings. The molecule has 1 aliphatic heterocycles. The molecule has 24 heavy (non-hydrogen) atoms. The zero-order valence-corrected chi connectivity index (χ0v) is 16.2. The van der Waals surface area contributed by atoms with Crippen LogP contribution in [0.3, 0.4) is 0 Å². The van der Waals surface area contributed by atoms with E-state index in [1.165, 1.54) is 12.7 Å². The Hall–Kier alpha value is -0.750. The lowest BCUT2D eigenvalue weighted by molar-refractivity contribution is -0.148.